The molecule has 10 nitrogen and oxygen atoms in total. The number of unbranched alkanes of at least 4 members (excludes halogenated alkanes) is 2. The molecule has 0 bridgehead atoms. The van der Waals surface area contributed by atoms with E-state index >= 15 is 0 Å². The quantitative estimate of drug-likeness (QED) is 0.310. The zero-order valence-corrected chi connectivity index (χ0v) is 24.3. The third kappa shape index (κ3) is 7.05. The van der Waals surface area contributed by atoms with Gasteiger partial charge in [-0.15, -0.1) is 0 Å². The Kier molecular flexibility index (Phi) is 10.7. The highest BCUT2D eigenvalue weighted by atomic mass is 16.7. The normalized spacial score (nSPS) is 19.8. The summed E-state index contributed by atoms with van der Waals surface area (Å²) in [4.78, 5) is 30.6. The second-order valence-corrected chi connectivity index (χ2v) is 10.7. The Morgan fingerprint density at radius 1 is 1.07 bits per heavy atom. The Bertz CT molecular complexity index is 1190. The molecule has 41 heavy (non-hydrogen) atoms. The predicted molar refractivity (Wildman–Crippen MR) is 155 cm³/mol. The monoisotopic (exact) mass is 569 g/mol. The van der Waals surface area contributed by atoms with Crippen molar-refractivity contribution >= 4 is 11.9 Å². The van der Waals surface area contributed by atoms with Crippen molar-refractivity contribution in [3.8, 4) is 23.0 Å². The maximum atomic E-state index is 13.7. The zero-order valence-electron chi connectivity index (χ0n) is 24.3. The first-order valence-electron chi connectivity index (χ1n) is 14.5. The van der Waals surface area contributed by atoms with E-state index in [1.54, 1.807) is 14.2 Å². The molecule has 10 heteroatoms. The van der Waals surface area contributed by atoms with Gasteiger partial charge in [0.1, 0.15) is 5.75 Å². The molecule has 1 amide bonds. The predicted octanol–water partition coefficient (Wildman–Crippen LogP) is 3.51. The molecule has 2 aromatic rings. The molecule has 1 fully saturated rings. The molecule has 0 radical (unpaired) electrons. The largest absolute Gasteiger partial charge is 0.496 e. The first-order valence-corrected chi connectivity index (χ1v) is 14.5. The van der Waals surface area contributed by atoms with Crippen LogP contribution in [0.4, 0.5) is 0 Å². The van der Waals surface area contributed by atoms with Crippen LogP contribution in [0.2, 0.25) is 0 Å². The first kappa shape index (κ1) is 30.5. The summed E-state index contributed by atoms with van der Waals surface area (Å²) in [6.45, 7) is 4.63. The van der Waals surface area contributed by atoms with Crippen molar-refractivity contribution in [1.29, 1.82) is 0 Å². The van der Waals surface area contributed by atoms with Gasteiger partial charge >= 0.3 is 5.97 Å². The van der Waals surface area contributed by atoms with Gasteiger partial charge in [0.05, 0.1) is 26.7 Å². The molecule has 1 saturated heterocycles. The van der Waals surface area contributed by atoms with Crippen LogP contribution < -0.4 is 24.7 Å². The molecule has 2 heterocycles. The van der Waals surface area contributed by atoms with Crippen molar-refractivity contribution in [1.82, 2.24) is 9.80 Å². The number of ether oxygens (including phenoxy) is 4. The Morgan fingerprint density at radius 2 is 1.83 bits per heavy atom. The van der Waals surface area contributed by atoms with Crippen molar-refractivity contribution in [2.24, 2.45) is 11.7 Å². The molecule has 3 N–H and O–H groups in total. The Hall–Kier alpha value is -3.50. The number of carbonyl (C=O) groups excluding carboxylic acids is 1. The minimum absolute atomic E-state index is 0.00792. The molecule has 4 rings (SSSR count). The average Bonchev–Trinajstić information content (AvgIpc) is 3.59. The van der Waals surface area contributed by atoms with E-state index < -0.39 is 23.8 Å². The molecule has 0 aromatic heterocycles. The second kappa shape index (κ2) is 14.4. The molecule has 2 aliphatic heterocycles. The van der Waals surface area contributed by atoms with Gasteiger partial charge < -0.3 is 34.7 Å². The number of amides is 1. The third-order valence-corrected chi connectivity index (χ3v) is 8.12. The van der Waals surface area contributed by atoms with Crippen LogP contribution in [0.3, 0.4) is 0 Å². The molecule has 3 atom stereocenters. The fourth-order valence-electron chi connectivity index (χ4n) is 5.98. The topological polar surface area (TPSA) is 124 Å². The van der Waals surface area contributed by atoms with Crippen LogP contribution >= 0.6 is 0 Å². The number of methoxy groups -OCH3 is 2. The van der Waals surface area contributed by atoms with E-state index in [2.05, 4.69) is 6.92 Å². The minimum atomic E-state index is -0.910. The van der Waals surface area contributed by atoms with E-state index in [0.717, 1.165) is 36.8 Å². The number of nitrogens with two attached hydrogens (primary N) is 1. The van der Waals surface area contributed by atoms with Crippen LogP contribution in [-0.2, 0) is 16.0 Å². The average molecular weight is 570 g/mol. The molecular formula is C31H43N3O7. The van der Waals surface area contributed by atoms with Gasteiger partial charge in [-0.1, -0.05) is 31.5 Å². The van der Waals surface area contributed by atoms with Gasteiger partial charge in [-0.25, -0.2) is 0 Å². The summed E-state index contributed by atoms with van der Waals surface area (Å²) in [5.41, 5.74) is 7.39. The number of fused-ring (bicyclic) bond motifs is 1. The van der Waals surface area contributed by atoms with Gasteiger partial charge in [0.2, 0.25) is 18.4 Å². The maximum Gasteiger partial charge on any atom is 0.308 e. The fraction of sp³-hybridized carbons (Fsp3) is 0.548. The molecule has 0 saturated carbocycles. The summed E-state index contributed by atoms with van der Waals surface area (Å²) in [5, 5.41) is 10.6. The van der Waals surface area contributed by atoms with Crippen LogP contribution in [-0.4, -0.2) is 86.6 Å². The van der Waals surface area contributed by atoms with Crippen molar-refractivity contribution in [2.45, 2.75) is 51.0 Å². The number of nitrogens with zero attached hydrogens (tertiary/aromatic N) is 2. The van der Waals surface area contributed by atoms with E-state index in [4.69, 9.17) is 24.7 Å². The zero-order chi connectivity index (χ0) is 29.4. The minimum Gasteiger partial charge on any atom is -0.496 e. The number of aliphatic carboxylic acids is 1. The molecule has 224 valence electrons. The SMILES string of the molecule is CCCCN(CCCCN)C(=O)CN1CC(c2cc(OC)c3c(c2)OCO3)C(C(=O)O)C1Cc1ccccc1OC. The Morgan fingerprint density at radius 3 is 2.54 bits per heavy atom. The smallest absolute Gasteiger partial charge is 0.308 e. The Labute approximate surface area is 242 Å². The van der Waals surface area contributed by atoms with Crippen molar-refractivity contribution < 1.29 is 33.6 Å². The van der Waals surface area contributed by atoms with Crippen LogP contribution in [0.5, 0.6) is 23.0 Å². The van der Waals surface area contributed by atoms with E-state index in [9.17, 15) is 14.7 Å². The number of hydrogen-bond donors (Lipinski definition) is 2. The highest BCUT2D eigenvalue weighted by Gasteiger charge is 2.48. The number of para-hydroxylation sites is 1. The number of hydrogen-bond acceptors (Lipinski definition) is 8. The number of rotatable bonds is 15. The molecule has 2 aromatic carbocycles. The molecule has 0 spiro atoms. The molecular weight excluding hydrogens is 526 g/mol. The number of benzene rings is 2. The Balaban J connectivity index is 1.68. The van der Waals surface area contributed by atoms with Crippen molar-refractivity contribution in [2.75, 3.05) is 53.7 Å². The highest BCUT2D eigenvalue weighted by molar-refractivity contribution is 5.79. The fourth-order valence-corrected chi connectivity index (χ4v) is 5.98. The summed E-state index contributed by atoms with van der Waals surface area (Å²) in [5.74, 6) is 0.167. The summed E-state index contributed by atoms with van der Waals surface area (Å²) in [6, 6.07) is 10.9. The number of likely N-dealkylation sites (tertiary alicyclic amines) is 1. The van der Waals surface area contributed by atoms with Crippen molar-refractivity contribution in [3.63, 3.8) is 0 Å². The second-order valence-electron chi connectivity index (χ2n) is 10.7. The number of carboxylic acid groups (broad SMARTS) is 1. The number of carboxylic acids is 1. The van der Waals surface area contributed by atoms with Gasteiger partial charge in [-0.05, 0) is 61.6 Å². The lowest BCUT2D eigenvalue weighted by Gasteiger charge is -2.30. The van der Waals surface area contributed by atoms with E-state index in [-0.39, 0.29) is 19.2 Å². The van der Waals surface area contributed by atoms with Crippen molar-refractivity contribution in [3.05, 3.63) is 47.5 Å². The third-order valence-electron chi connectivity index (χ3n) is 8.12. The van der Waals surface area contributed by atoms with E-state index in [0.29, 0.717) is 55.6 Å². The first-order chi connectivity index (χ1) is 19.9. The van der Waals surface area contributed by atoms with Crippen LogP contribution in [0, 0.1) is 5.92 Å². The van der Waals surface area contributed by atoms with Gasteiger partial charge in [0.15, 0.2) is 11.5 Å². The van der Waals surface area contributed by atoms with E-state index in [1.807, 2.05) is 46.2 Å². The maximum absolute atomic E-state index is 13.7. The summed E-state index contributed by atoms with van der Waals surface area (Å²) < 4.78 is 22.4. The summed E-state index contributed by atoms with van der Waals surface area (Å²) in [7, 11) is 3.16. The summed E-state index contributed by atoms with van der Waals surface area (Å²) in [6.07, 6.45) is 4.01. The van der Waals surface area contributed by atoms with Gasteiger partial charge in [-0.3, -0.25) is 14.5 Å². The van der Waals surface area contributed by atoms with Crippen LogP contribution in [0.1, 0.15) is 49.7 Å². The summed E-state index contributed by atoms with van der Waals surface area (Å²) >= 11 is 0. The van der Waals surface area contributed by atoms with Crippen LogP contribution in [0.25, 0.3) is 0 Å². The highest BCUT2D eigenvalue weighted by Crippen LogP contribution is 2.47. The van der Waals surface area contributed by atoms with E-state index in [1.165, 1.54) is 0 Å². The lowest BCUT2D eigenvalue weighted by Crippen LogP contribution is -2.45. The lowest BCUT2D eigenvalue weighted by atomic mass is 9.83. The van der Waals surface area contributed by atoms with Crippen LogP contribution in [0.15, 0.2) is 36.4 Å². The molecule has 3 unspecified atom stereocenters. The van der Waals surface area contributed by atoms with Gasteiger partial charge in [-0.2, -0.15) is 0 Å². The van der Waals surface area contributed by atoms with Gasteiger partial charge in [0.25, 0.3) is 0 Å². The molecule has 0 aliphatic carbocycles. The lowest BCUT2D eigenvalue weighted by molar-refractivity contribution is -0.143. The number of carbonyl (C=O) groups is 2. The van der Waals surface area contributed by atoms with Gasteiger partial charge in [0, 0.05) is 31.6 Å². The molecule has 2 aliphatic rings. The standard InChI is InChI=1S/C31H43N3O7/c1-4-5-13-33(14-9-8-12-32)28(35)19-34-18-23(22-16-26(39-3)30-27(17-22)40-20-41-30)29(31(36)37)24(34)15-21-10-6-7-11-25(21)38-2/h6-7,10-11,16-17,23-24,29H,4-5,8-9,12-15,18-20,32H2,1-3H3,(H,36,37).